The van der Waals surface area contributed by atoms with Crippen molar-refractivity contribution in [3.8, 4) is 22.3 Å². The molecule has 1 aliphatic rings. The van der Waals surface area contributed by atoms with E-state index in [9.17, 15) is 8.42 Å². The van der Waals surface area contributed by atoms with Gasteiger partial charge in [-0.1, -0.05) is 30.3 Å². The maximum Gasteiger partial charge on any atom is 0.243 e. The van der Waals surface area contributed by atoms with Crippen LogP contribution < -0.4 is 5.73 Å². The Morgan fingerprint density at radius 3 is 2.45 bits per heavy atom. The highest BCUT2D eigenvalue weighted by atomic mass is 32.2. The Hall–Kier alpha value is -2.81. The standard InChI is InChI=1S/C25H28FN3O3S/c1-32-15-12-18-10-13-29(14-11-18)33(30,31)24-5-3-2-4-22(24)19-6-8-21(23(26)16-19)20-7-9-25(27)28-17-20/h2-9,16-18H,10-15H2,1H3,(H2,27,28). The summed E-state index contributed by atoms with van der Waals surface area (Å²) < 4.78 is 48.7. The van der Waals surface area contributed by atoms with Crippen LogP contribution in [0.3, 0.4) is 0 Å². The van der Waals surface area contributed by atoms with Crippen molar-refractivity contribution in [1.82, 2.24) is 9.29 Å². The van der Waals surface area contributed by atoms with Gasteiger partial charge in [-0.05, 0) is 55.0 Å². The third-order valence-corrected chi connectivity index (χ3v) is 8.14. The van der Waals surface area contributed by atoms with Crippen LogP contribution in [0.5, 0.6) is 0 Å². The molecule has 4 rings (SSSR count). The van der Waals surface area contributed by atoms with E-state index in [0.717, 1.165) is 19.3 Å². The van der Waals surface area contributed by atoms with E-state index in [1.807, 2.05) is 0 Å². The molecule has 0 atom stereocenters. The smallest absolute Gasteiger partial charge is 0.243 e. The molecule has 0 amide bonds. The molecule has 0 spiro atoms. The van der Waals surface area contributed by atoms with Crippen molar-refractivity contribution in [1.29, 1.82) is 0 Å². The molecule has 3 aromatic rings. The zero-order chi connectivity index (χ0) is 23.4. The fourth-order valence-corrected chi connectivity index (χ4v) is 5.96. The molecule has 0 aliphatic carbocycles. The first-order valence-corrected chi connectivity index (χ1v) is 12.4. The molecular formula is C25H28FN3O3S. The molecule has 2 heterocycles. The summed E-state index contributed by atoms with van der Waals surface area (Å²) in [7, 11) is -2.03. The van der Waals surface area contributed by atoms with Crippen molar-refractivity contribution in [3.63, 3.8) is 0 Å². The predicted octanol–water partition coefficient (Wildman–Crippen LogP) is 4.57. The highest BCUT2D eigenvalue weighted by Gasteiger charge is 2.31. The molecule has 174 valence electrons. The van der Waals surface area contributed by atoms with Crippen molar-refractivity contribution >= 4 is 15.8 Å². The number of halogens is 1. The van der Waals surface area contributed by atoms with Crippen molar-refractivity contribution in [2.75, 3.05) is 32.5 Å². The van der Waals surface area contributed by atoms with Gasteiger partial charge in [0.25, 0.3) is 0 Å². The largest absolute Gasteiger partial charge is 0.385 e. The quantitative estimate of drug-likeness (QED) is 0.548. The number of aromatic nitrogens is 1. The molecule has 1 aromatic heterocycles. The van der Waals surface area contributed by atoms with Gasteiger partial charge in [0.05, 0.1) is 4.90 Å². The Balaban J connectivity index is 1.61. The normalized spacial score (nSPS) is 15.6. The fraction of sp³-hybridized carbons (Fsp3) is 0.320. The summed E-state index contributed by atoms with van der Waals surface area (Å²) in [5.74, 6) is 0.374. The lowest BCUT2D eigenvalue weighted by atomic mass is 9.95. The molecule has 2 N–H and O–H groups in total. The number of hydrogen-bond acceptors (Lipinski definition) is 5. The fourth-order valence-electron chi connectivity index (χ4n) is 4.27. The molecule has 0 unspecified atom stereocenters. The van der Waals surface area contributed by atoms with E-state index in [4.69, 9.17) is 10.5 Å². The molecule has 0 saturated carbocycles. The van der Waals surface area contributed by atoms with Gasteiger partial charge in [-0.3, -0.25) is 0 Å². The monoisotopic (exact) mass is 469 g/mol. The lowest BCUT2D eigenvalue weighted by molar-refractivity contribution is 0.158. The van der Waals surface area contributed by atoms with Crippen molar-refractivity contribution in [3.05, 3.63) is 66.6 Å². The lowest BCUT2D eigenvalue weighted by Gasteiger charge is -2.31. The number of anilines is 1. The van der Waals surface area contributed by atoms with Crippen LogP contribution in [0, 0.1) is 11.7 Å². The van der Waals surface area contributed by atoms with Crippen LogP contribution in [0.1, 0.15) is 19.3 Å². The number of methoxy groups -OCH3 is 1. The van der Waals surface area contributed by atoms with E-state index < -0.39 is 15.8 Å². The van der Waals surface area contributed by atoms with Crippen molar-refractivity contribution in [2.45, 2.75) is 24.2 Å². The Kier molecular flexibility index (Phi) is 7.07. The van der Waals surface area contributed by atoms with Crippen molar-refractivity contribution in [2.24, 2.45) is 5.92 Å². The molecule has 8 heteroatoms. The minimum Gasteiger partial charge on any atom is -0.385 e. The molecule has 0 bridgehead atoms. The highest BCUT2D eigenvalue weighted by molar-refractivity contribution is 7.89. The Labute approximate surface area is 194 Å². The maximum absolute atomic E-state index is 15.0. The van der Waals surface area contributed by atoms with Gasteiger partial charge in [-0.25, -0.2) is 17.8 Å². The number of nitrogens with zero attached hydrogens (tertiary/aromatic N) is 2. The number of nitrogen functional groups attached to an aromatic ring is 1. The first-order valence-electron chi connectivity index (χ1n) is 11.0. The van der Waals surface area contributed by atoms with Crippen molar-refractivity contribution < 1.29 is 17.5 Å². The van der Waals surface area contributed by atoms with Crippen LogP contribution >= 0.6 is 0 Å². The summed E-state index contributed by atoms with van der Waals surface area (Å²) >= 11 is 0. The predicted molar refractivity (Wildman–Crippen MR) is 127 cm³/mol. The number of sulfonamides is 1. The second kappa shape index (κ2) is 9.99. The number of nitrogens with two attached hydrogens (primary N) is 1. The van der Waals surface area contributed by atoms with Crippen LogP contribution in [-0.4, -0.2) is 44.5 Å². The summed E-state index contributed by atoms with van der Waals surface area (Å²) in [5.41, 5.74) is 7.60. The van der Waals surface area contributed by atoms with E-state index in [2.05, 4.69) is 4.98 Å². The van der Waals surface area contributed by atoms with E-state index in [-0.39, 0.29) is 4.90 Å². The topological polar surface area (TPSA) is 85.5 Å². The maximum atomic E-state index is 15.0. The van der Waals surface area contributed by atoms with Gasteiger partial charge in [0.15, 0.2) is 0 Å². The summed E-state index contributed by atoms with van der Waals surface area (Å²) in [6, 6.07) is 14.8. The highest BCUT2D eigenvalue weighted by Crippen LogP contribution is 2.34. The summed E-state index contributed by atoms with van der Waals surface area (Å²) in [6.07, 6.45) is 4.08. The zero-order valence-corrected chi connectivity index (χ0v) is 19.4. The van der Waals surface area contributed by atoms with E-state index >= 15 is 4.39 Å². The first kappa shape index (κ1) is 23.4. The summed E-state index contributed by atoms with van der Waals surface area (Å²) in [4.78, 5) is 4.21. The van der Waals surface area contributed by atoms with Gasteiger partial charge in [0.1, 0.15) is 11.6 Å². The van der Waals surface area contributed by atoms with Gasteiger partial charge in [-0.2, -0.15) is 4.31 Å². The third-order valence-electron chi connectivity index (χ3n) is 6.19. The molecule has 1 aliphatic heterocycles. The number of benzene rings is 2. The number of ether oxygens (including phenoxy) is 1. The molecule has 1 fully saturated rings. The second-order valence-corrected chi connectivity index (χ2v) is 10.2. The number of piperidine rings is 1. The number of pyridine rings is 1. The summed E-state index contributed by atoms with van der Waals surface area (Å²) in [5, 5.41) is 0. The first-order chi connectivity index (χ1) is 15.9. The molecule has 6 nitrogen and oxygen atoms in total. The minimum absolute atomic E-state index is 0.196. The van der Waals surface area contributed by atoms with Crippen LogP contribution in [0.2, 0.25) is 0 Å². The van der Waals surface area contributed by atoms with E-state index in [1.165, 1.54) is 12.3 Å². The van der Waals surface area contributed by atoms with Crippen LogP contribution in [0.15, 0.2) is 65.7 Å². The SMILES string of the molecule is COCCC1CCN(S(=O)(=O)c2ccccc2-c2ccc(-c3ccc(N)nc3)c(F)c2)CC1. The van der Waals surface area contributed by atoms with Gasteiger partial charge in [-0.15, -0.1) is 0 Å². The zero-order valence-electron chi connectivity index (χ0n) is 18.6. The Bertz CT molecular complexity index is 1210. The molecular weight excluding hydrogens is 441 g/mol. The van der Waals surface area contributed by atoms with Crippen LogP contribution in [-0.2, 0) is 14.8 Å². The molecule has 2 aromatic carbocycles. The Morgan fingerprint density at radius 2 is 1.79 bits per heavy atom. The average molecular weight is 470 g/mol. The number of hydrogen-bond donors (Lipinski definition) is 1. The van der Waals surface area contributed by atoms with Gasteiger partial charge < -0.3 is 10.5 Å². The molecule has 33 heavy (non-hydrogen) atoms. The molecule has 0 radical (unpaired) electrons. The van der Waals surface area contributed by atoms with Crippen LogP contribution in [0.4, 0.5) is 10.2 Å². The lowest BCUT2D eigenvalue weighted by Crippen LogP contribution is -2.38. The van der Waals surface area contributed by atoms with Gasteiger partial charge >= 0.3 is 0 Å². The Morgan fingerprint density at radius 1 is 1.06 bits per heavy atom. The third kappa shape index (κ3) is 5.08. The van der Waals surface area contributed by atoms with Gasteiger partial charge in [0, 0.05) is 49.7 Å². The van der Waals surface area contributed by atoms with Crippen LogP contribution in [0.25, 0.3) is 22.3 Å². The number of rotatable bonds is 7. The van der Waals surface area contributed by atoms with Gasteiger partial charge in [0.2, 0.25) is 10.0 Å². The van der Waals surface area contributed by atoms with E-state index in [1.54, 1.807) is 59.9 Å². The average Bonchev–Trinajstić information content (AvgIpc) is 2.83. The summed E-state index contributed by atoms with van der Waals surface area (Å²) in [6.45, 7) is 1.64. The second-order valence-electron chi connectivity index (χ2n) is 8.29. The molecule has 1 saturated heterocycles. The minimum atomic E-state index is -3.71. The van der Waals surface area contributed by atoms with E-state index in [0.29, 0.717) is 53.7 Å².